The predicted molar refractivity (Wildman–Crippen MR) is 183 cm³/mol. The van der Waals surface area contributed by atoms with E-state index in [0.717, 1.165) is 77.0 Å². The van der Waals surface area contributed by atoms with Crippen LogP contribution >= 0.6 is 0 Å². The number of carboxylic acid groups (broad SMARTS) is 2. The molecule has 0 unspecified atom stereocenters. The number of carbonyl (C=O) groups is 2. The Morgan fingerprint density at radius 1 is 0.405 bits per heavy atom. The third-order valence-corrected chi connectivity index (χ3v) is 5.95. The predicted octanol–water partition coefficient (Wildman–Crippen LogP) is 11.7. The van der Waals surface area contributed by atoms with E-state index in [1.54, 1.807) is 0 Å². The second-order valence-electron chi connectivity index (χ2n) is 10.0. The molecule has 0 saturated carbocycles. The summed E-state index contributed by atoms with van der Waals surface area (Å²) in [4.78, 5) is 20.6. The zero-order valence-electron chi connectivity index (χ0n) is 26.7. The highest BCUT2D eigenvalue weighted by molar-refractivity contribution is 5.66. The summed E-state index contributed by atoms with van der Waals surface area (Å²) in [6.45, 7) is 4.37. The van der Waals surface area contributed by atoms with Gasteiger partial charge in [-0.05, 0) is 89.9 Å². The zero-order valence-corrected chi connectivity index (χ0v) is 26.7. The van der Waals surface area contributed by atoms with Gasteiger partial charge in [-0.1, -0.05) is 124 Å². The molecule has 0 aromatic carbocycles. The van der Waals surface area contributed by atoms with E-state index in [4.69, 9.17) is 10.2 Å². The van der Waals surface area contributed by atoms with Crippen LogP contribution in [0.15, 0.2) is 97.2 Å². The van der Waals surface area contributed by atoms with Crippen molar-refractivity contribution in [1.29, 1.82) is 0 Å². The minimum atomic E-state index is -0.715. The third kappa shape index (κ3) is 43.9. The van der Waals surface area contributed by atoms with Crippen LogP contribution in [-0.4, -0.2) is 22.2 Å². The zero-order chi connectivity index (χ0) is 31.2. The first-order valence-corrected chi connectivity index (χ1v) is 16.2. The highest BCUT2D eigenvalue weighted by atomic mass is 16.4. The number of carboxylic acids is 2. The molecule has 0 bridgehead atoms. The van der Waals surface area contributed by atoms with E-state index >= 15 is 0 Å². The van der Waals surface area contributed by atoms with Gasteiger partial charge in [-0.25, -0.2) is 0 Å². The van der Waals surface area contributed by atoms with Gasteiger partial charge in [-0.2, -0.15) is 0 Å². The highest BCUT2D eigenvalue weighted by Gasteiger charge is 1.94. The molecule has 2 N–H and O–H groups in total. The smallest absolute Gasteiger partial charge is 0.303 e. The molecule has 236 valence electrons. The van der Waals surface area contributed by atoms with E-state index in [9.17, 15) is 9.59 Å². The number of unbranched alkanes of at least 4 members (excludes halogenated alkanes) is 6. The molecular weight excluding hydrogens is 520 g/mol. The van der Waals surface area contributed by atoms with E-state index < -0.39 is 11.9 Å². The normalized spacial score (nSPS) is 12.4. The summed E-state index contributed by atoms with van der Waals surface area (Å²) in [5.74, 6) is -1.41. The molecule has 0 aliphatic carbocycles. The Morgan fingerprint density at radius 3 is 1.07 bits per heavy atom. The van der Waals surface area contributed by atoms with Gasteiger partial charge in [0.2, 0.25) is 0 Å². The number of hydrogen-bond donors (Lipinski definition) is 2. The maximum absolute atomic E-state index is 10.3. The minimum absolute atomic E-state index is 0.258. The first-order valence-electron chi connectivity index (χ1n) is 16.2. The molecule has 0 heterocycles. The average molecular weight is 581 g/mol. The first-order chi connectivity index (χ1) is 20.5. The van der Waals surface area contributed by atoms with Crippen LogP contribution in [0.4, 0.5) is 0 Å². The molecule has 4 heteroatoms. The molecule has 0 aromatic rings. The van der Waals surface area contributed by atoms with Gasteiger partial charge in [0.15, 0.2) is 0 Å². The fourth-order valence-electron chi connectivity index (χ4n) is 3.57. The van der Waals surface area contributed by atoms with Crippen molar-refractivity contribution in [1.82, 2.24) is 0 Å². The van der Waals surface area contributed by atoms with Crippen LogP contribution in [0.1, 0.15) is 129 Å². The Morgan fingerprint density at radius 2 is 0.714 bits per heavy atom. The standard InChI is InChI=1S/C20H30O2.C18H30O2/c1-2-3-4-5-6-7-8-9-10-11-12-13-14-15-16-17-18-19-20(21)22;1-2-3-4-5-6-7-8-9-10-11-12-13-14-15-16-17-18(19)20/h3-4,6-7,9-10,12-13,15-16H,2,5,8,11,14,17-19H2,1H3,(H,21,22);6-7,9-10,12-13H,2-5,8,11,14-17H2,1H3,(H,19,20)/b4-3-,7-6-,10-9-,13-12-,16-15-;7-6-,10-9-,13-12-. The van der Waals surface area contributed by atoms with Crippen LogP contribution in [0, 0.1) is 0 Å². The number of allylic oxidation sites excluding steroid dienone is 16. The quantitative estimate of drug-likeness (QED) is 0.0788. The molecule has 0 aliphatic heterocycles. The minimum Gasteiger partial charge on any atom is -0.481 e. The van der Waals surface area contributed by atoms with Crippen molar-refractivity contribution in [3.8, 4) is 0 Å². The van der Waals surface area contributed by atoms with Gasteiger partial charge in [0, 0.05) is 12.8 Å². The van der Waals surface area contributed by atoms with Crippen molar-refractivity contribution in [2.75, 3.05) is 0 Å². The topological polar surface area (TPSA) is 74.6 Å². The fourth-order valence-corrected chi connectivity index (χ4v) is 3.57. The van der Waals surface area contributed by atoms with Crippen LogP contribution in [-0.2, 0) is 9.59 Å². The van der Waals surface area contributed by atoms with Gasteiger partial charge in [0.05, 0.1) is 0 Å². The van der Waals surface area contributed by atoms with Gasteiger partial charge in [0.25, 0.3) is 0 Å². The fraction of sp³-hybridized carbons (Fsp3) is 0.526. The molecule has 0 radical (unpaired) electrons. The summed E-state index contributed by atoms with van der Waals surface area (Å²) in [7, 11) is 0. The summed E-state index contributed by atoms with van der Waals surface area (Å²) in [6, 6.07) is 0. The van der Waals surface area contributed by atoms with Gasteiger partial charge >= 0.3 is 11.9 Å². The molecule has 0 rings (SSSR count). The molecule has 0 spiro atoms. The Hall–Kier alpha value is -3.14. The maximum atomic E-state index is 10.3. The monoisotopic (exact) mass is 580 g/mol. The molecule has 4 nitrogen and oxygen atoms in total. The lowest BCUT2D eigenvalue weighted by molar-refractivity contribution is -0.138. The van der Waals surface area contributed by atoms with E-state index in [0.29, 0.717) is 6.42 Å². The summed E-state index contributed by atoms with van der Waals surface area (Å²) in [5.41, 5.74) is 0. The molecule has 0 aromatic heterocycles. The number of hydrogen-bond acceptors (Lipinski definition) is 2. The molecule has 42 heavy (non-hydrogen) atoms. The van der Waals surface area contributed by atoms with Gasteiger partial charge in [0.1, 0.15) is 0 Å². The average Bonchev–Trinajstić information content (AvgIpc) is 2.97. The number of aliphatic carboxylic acids is 2. The highest BCUT2D eigenvalue weighted by Crippen LogP contribution is 2.03. The first kappa shape index (κ1) is 41.0. The lowest BCUT2D eigenvalue weighted by Gasteiger charge is -1.92. The second kappa shape index (κ2) is 37.9. The van der Waals surface area contributed by atoms with Gasteiger partial charge in [-0.15, -0.1) is 0 Å². The molecule has 0 amide bonds. The van der Waals surface area contributed by atoms with E-state index in [1.807, 2.05) is 0 Å². The van der Waals surface area contributed by atoms with Crippen LogP contribution < -0.4 is 0 Å². The van der Waals surface area contributed by atoms with Crippen molar-refractivity contribution in [2.45, 2.75) is 129 Å². The number of rotatable bonds is 26. The Kier molecular flexibility index (Phi) is 37.0. The summed E-state index contributed by atoms with van der Waals surface area (Å²) >= 11 is 0. The van der Waals surface area contributed by atoms with Crippen LogP contribution in [0.3, 0.4) is 0 Å². The van der Waals surface area contributed by atoms with Gasteiger partial charge < -0.3 is 10.2 Å². The van der Waals surface area contributed by atoms with Crippen molar-refractivity contribution in [2.24, 2.45) is 0 Å². The molecule has 0 aliphatic rings. The Bertz CT molecular complexity index is 837. The molecular formula is C38H60O4. The van der Waals surface area contributed by atoms with Crippen LogP contribution in [0.25, 0.3) is 0 Å². The summed E-state index contributed by atoms with van der Waals surface area (Å²) in [5, 5.41) is 17.0. The summed E-state index contributed by atoms with van der Waals surface area (Å²) < 4.78 is 0. The van der Waals surface area contributed by atoms with E-state index in [-0.39, 0.29) is 6.42 Å². The molecule has 0 fully saturated rings. The van der Waals surface area contributed by atoms with Crippen molar-refractivity contribution < 1.29 is 19.8 Å². The van der Waals surface area contributed by atoms with Crippen LogP contribution in [0.2, 0.25) is 0 Å². The van der Waals surface area contributed by atoms with E-state index in [1.165, 1.54) is 25.7 Å². The Balaban J connectivity index is 0. The largest absolute Gasteiger partial charge is 0.481 e. The molecule has 0 saturated heterocycles. The lowest BCUT2D eigenvalue weighted by Crippen LogP contribution is -1.92. The summed E-state index contributed by atoms with van der Waals surface area (Å²) in [6.07, 6.45) is 51.8. The molecule has 0 atom stereocenters. The van der Waals surface area contributed by atoms with Crippen molar-refractivity contribution in [3.05, 3.63) is 97.2 Å². The van der Waals surface area contributed by atoms with Crippen molar-refractivity contribution in [3.63, 3.8) is 0 Å². The van der Waals surface area contributed by atoms with Gasteiger partial charge in [-0.3, -0.25) is 9.59 Å². The third-order valence-electron chi connectivity index (χ3n) is 5.95. The lowest BCUT2D eigenvalue weighted by atomic mass is 10.2. The van der Waals surface area contributed by atoms with E-state index in [2.05, 4.69) is 111 Å². The Labute approximate surface area is 258 Å². The van der Waals surface area contributed by atoms with Crippen LogP contribution in [0.5, 0.6) is 0 Å². The maximum Gasteiger partial charge on any atom is 0.303 e. The SMILES string of the molecule is CC/C=C\C/C=C\C/C=C\C/C=C\C/C=C\CCCC(=O)O.CCCCC/C=C\C/C=C\C/C=C\CCCCC(=O)O. The second-order valence-corrected chi connectivity index (χ2v) is 10.0. The van der Waals surface area contributed by atoms with Crippen molar-refractivity contribution >= 4 is 11.9 Å².